The standard InChI is InChI=1S/C26H24FN3O4/c1-13-8-15(14-2-5-16(28)6-3-14)4-7-17(13)24-18(27)9-19-20(30-24)10-23(29-19)34-22-12-33-25-21(31)11-32-26(22)25/h2-10,21-22,25-26,29,31H,11-12,28H2,1H3/t21?,22?,25-,26-/m1/s1. The van der Waals surface area contributed by atoms with Crippen LogP contribution >= 0.6 is 0 Å². The fraction of sp³-hybridized carbons (Fsp3) is 0.269. The molecule has 8 heteroatoms. The normalized spacial score (nSPS) is 24.0. The van der Waals surface area contributed by atoms with Crippen LogP contribution in [-0.2, 0) is 9.47 Å². The average Bonchev–Trinajstić information content (AvgIpc) is 3.51. The highest BCUT2D eigenvalue weighted by atomic mass is 19.1. The summed E-state index contributed by atoms with van der Waals surface area (Å²) in [4.78, 5) is 7.66. The molecule has 0 radical (unpaired) electrons. The van der Waals surface area contributed by atoms with Crippen LogP contribution in [0.3, 0.4) is 0 Å². The van der Waals surface area contributed by atoms with Crippen LogP contribution in [0.5, 0.6) is 5.88 Å². The second-order valence-electron chi connectivity index (χ2n) is 8.86. The fourth-order valence-electron chi connectivity index (χ4n) is 4.75. The largest absolute Gasteiger partial charge is 0.470 e. The van der Waals surface area contributed by atoms with Gasteiger partial charge in [0, 0.05) is 23.4 Å². The van der Waals surface area contributed by atoms with Crippen LogP contribution in [0.1, 0.15) is 5.56 Å². The van der Waals surface area contributed by atoms with Crippen LogP contribution in [0.15, 0.2) is 54.6 Å². The zero-order chi connectivity index (χ0) is 23.4. The SMILES string of the molecule is Cc1cc(-c2ccc(N)cc2)ccc1-c1nc2cc(OC3CO[C@@H]4C(O)CO[C@H]34)[nH]c2cc1F. The predicted molar refractivity (Wildman–Crippen MR) is 126 cm³/mol. The first-order valence-electron chi connectivity index (χ1n) is 11.2. The van der Waals surface area contributed by atoms with Crippen LogP contribution < -0.4 is 10.5 Å². The molecule has 4 N–H and O–H groups in total. The van der Waals surface area contributed by atoms with Crippen molar-refractivity contribution in [2.75, 3.05) is 18.9 Å². The number of nitrogens with zero attached hydrogens (tertiary/aromatic N) is 1. The Morgan fingerprint density at radius 3 is 2.59 bits per heavy atom. The average molecular weight is 461 g/mol. The number of anilines is 1. The lowest BCUT2D eigenvalue weighted by atomic mass is 9.97. The molecule has 174 valence electrons. The molecule has 6 rings (SSSR count). The van der Waals surface area contributed by atoms with E-state index in [0.717, 1.165) is 22.3 Å². The van der Waals surface area contributed by atoms with Gasteiger partial charge < -0.3 is 30.0 Å². The highest BCUT2D eigenvalue weighted by Crippen LogP contribution is 2.33. The van der Waals surface area contributed by atoms with Gasteiger partial charge in [-0.1, -0.05) is 30.3 Å². The minimum Gasteiger partial charge on any atom is -0.470 e. The molecule has 2 aliphatic rings. The van der Waals surface area contributed by atoms with Crippen LogP contribution in [0.25, 0.3) is 33.4 Å². The molecule has 2 aromatic carbocycles. The van der Waals surface area contributed by atoms with Gasteiger partial charge in [-0.3, -0.25) is 0 Å². The molecule has 0 saturated carbocycles. The number of nitrogen functional groups attached to an aromatic ring is 1. The van der Waals surface area contributed by atoms with E-state index in [1.165, 1.54) is 6.07 Å². The van der Waals surface area contributed by atoms with E-state index in [-0.39, 0.29) is 30.6 Å². The van der Waals surface area contributed by atoms with E-state index in [9.17, 15) is 5.11 Å². The molecule has 4 heterocycles. The number of aromatic amines is 1. The van der Waals surface area contributed by atoms with E-state index in [2.05, 4.69) is 9.97 Å². The number of aliphatic hydroxyl groups excluding tert-OH is 1. The first-order valence-corrected chi connectivity index (χ1v) is 11.2. The number of benzene rings is 2. The zero-order valence-corrected chi connectivity index (χ0v) is 18.5. The molecule has 4 atom stereocenters. The molecule has 0 amide bonds. The lowest BCUT2D eigenvalue weighted by molar-refractivity contribution is 0.00794. The maximum absolute atomic E-state index is 15.1. The van der Waals surface area contributed by atoms with Gasteiger partial charge in [0.15, 0.2) is 17.8 Å². The Morgan fingerprint density at radius 2 is 1.79 bits per heavy atom. The van der Waals surface area contributed by atoms with Crippen molar-refractivity contribution in [3.05, 3.63) is 66.0 Å². The Bertz CT molecular complexity index is 1370. The highest BCUT2D eigenvalue weighted by molar-refractivity contribution is 5.82. The van der Waals surface area contributed by atoms with Crippen molar-refractivity contribution in [1.82, 2.24) is 9.97 Å². The van der Waals surface area contributed by atoms with Crippen LogP contribution in [0.2, 0.25) is 0 Å². The molecule has 4 aromatic rings. The van der Waals surface area contributed by atoms with Crippen LogP contribution in [0, 0.1) is 12.7 Å². The van der Waals surface area contributed by atoms with E-state index in [0.29, 0.717) is 29.2 Å². The summed E-state index contributed by atoms with van der Waals surface area (Å²) in [6.07, 6.45) is -1.71. The molecule has 2 fully saturated rings. The predicted octanol–water partition coefficient (Wildman–Crippen LogP) is 3.83. The van der Waals surface area contributed by atoms with Crippen molar-refractivity contribution in [1.29, 1.82) is 0 Å². The summed E-state index contributed by atoms with van der Waals surface area (Å²) in [6, 6.07) is 16.7. The number of aromatic nitrogens is 2. The molecule has 2 aromatic heterocycles. The molecular formula is C26H24FN3O4. The smallest absolute Gasteiger partial charge is 0.193 e. The van der Waals surface area contributed by atoms with E-state index in [1.807, 2.05) is 49.4 Å². The number of pyridine rings is 1. The van der Waals surface area contributed by atoms with Crippen molar-refractivity contribution in [2.24, 2.45) is 0 Å². The lowest BCUT2D eigenvalue weighted by Gasteiger charge is -2.16. The topological polar surface area (TPSA) is 103 Å². The maximum Gasteiger partial charge on any atom is 0.193 e. The van der Waals surface area contributed by atoms with Gasteiger partial charge >= 0.3 is 0 Å². The Balaban J connectivity index is 1.28. The number of hydrogen-bond donors (Lipinski definition) is 3. The maximum atomic E-state index is 15.1. The molecule has 34 heavy (non-hydrogen) atoms. The number of nitrogens with two attached hydrogens (primary N) is 1. The first-order chi connectivity index (χ1) is 16.5. The Kier molecular flexibility index (Phi) is 5.02. The van der Waals surface area contributed by atoms with Crippen LogP contribution in [0.4, 0.5) is 10.1 Å². The number of aryl methyl sites for hydroxylation is 1. The fourth-order valence-corrected chi connectivity index (χ4v) is 4.75. The van der Waals surface area contributed by atoms with Crippen molar-refractivity contribution in [3.8, 4) is 28.3 Å². The van der Waals surface area contributed by atoms with Crippen molar-refractivity contribution in [2.45, 2.75) is 31.3 Å². The van der Waals surface area contributed by atoms with Gasteiger partial charge in [0.2, 0.25) is 0 Å². The van der Waals surface area contributed by atoms with E-state index in [4.69, 9.17) is 19.9 Å². The Hall–Kier alpha value is -3.46. The minimum atomic E-state index is -0.644. The number of fused-ring (bicyclic) bond motifs is 2. The second-order valence-corrected chi connectivity index (χ2v) is 8.86. The number of H-pyrrole nitrogens is 1. The number of rotatable bonds is 4. The quantitative estimate of drug-likeness (QED) is 0.399. The highest BCUT2D eigenvalue weighted by Gasteiger charge is 2.48. The zero-order valence-electron chi connectivity index (χ0n) is 18.5. The number of halogens is 1. The van der Waals surface area contributed by atoms with Gasteiger partial charge in [0.05, 0.1) is 24.2 Å². The van der Waals surface area contributed by atoms with Gasteiger partial charge in [0.1, 0.15) is 24.0 Å². The molecular weight excluding hydrogens is 437 g/mol. The molecule has 2 aliphatic heterocycles. The van der Waals surface area contributed by atoms with Gasteiger partial charge in [-0.05, 0) is 35.7 Å². The van der Waals surface area contributed by atoms with Crippen molar-refractivity contribution in [3.63, 3.8) is 0 Å². The molecule has 0 bridgehead atoms. The minimum absolute atomic E-state index is 0.231. The van der Waals surface area contributed by atoms with Gasteiger partial charge in [0.25, 0.3) is 0 Å². The first kappa shape index (κ1) is 21.1. The van der Waals surface area contributed by atoms with Gasteiger partial charge in [-0.15, -0.1) is 0 Å². The molecule has 2 unspecified atom stereocenters. The van der Waals surface area contributed by atoms with E-state index in [1.54, 1.807) is 6.07 Å². The summed E-state index contributed by atoms with van der Waals surface area (Å²) in [5.74, 6) is 0.0319. The molecule has 0 aliphatic carbocycles. The lowest BCUT2D eigenvalue weighted by Crippen LogP contribution is -2.34. The Morgan fingerprint density at radius 1 is 1.03 bits per heavy atom. The Labute approximate surface area is 195 Å². The third-order valence-corrected chi connectivity index (χ3v) is 6.52. The third kappa shape index (κ3) is 3.60. The van der Waals surface area contributed by atoms with E-state index >= 15 is 4.39 Å². The molecule has 0 spiro atoms. The monoisotopic (exact) mass is 461 g/mol. The summed E-state index contributed by atoms with van der Waals surface area (Å²) in [6.45, 7) is 2.49. The summed E-state index contributed by atoms with van der Waals surface area (Å²) < 4.78 is 32.3. The number of nitrogens with one attached hydrogen (secondary N) is 1. The summed E-state index contributed by atoms with van der Waals surface area (Å²) in [7, 11) is 0. The van der Waals surface area contributed by atoms with Gasteiger partial charge in [-0.2, -0.15) is 0 Å². The molecule has 2 saturated heterocycles. The number of ether oxygens (including phenoxy) is 3. The van der Waals surface area contributed by atoms with Crippen molar-refractivity contribution >= 4 is 16.7 Å². The summed E-state index contributed by atoms with van der Waals surface area (Å²) in [5.41, 5.74) is 11.6. The number of aliphatic hydroxyl groups is 1. The summed E-state index contributed by atoms with van der Waals surface area (Å²) >= 11 is 0. The molecule has 7 nitrogen and oxygen atoms in total. The summed E-state index contributed by atoms with van der Waals surface area (Å²) in [5, 5.41) is 9.91. The van der Waals surface area contributed by atoms with E-state index < -0.39 is 11.9 Å². The van der Waals surface area contributed by atoms with Gasteiger partial charge in [-0.25, -0.2) is 9.37 Å². The van der Waals surface area contributed by atoms with Crippen LogP contribution in [-0.4, -0.2) is 52.7 Å². The third-order valence-electron chi connectivity index (χ3n) is 6.52. The van der Waals surface area contributed by atoms with Crippen molar-refractivity contribution < 1.29 is 23.7 Å². The number of hydrogen-bond acceptors (Lipinski definition) is 6. The second kappa shape index (κ2) is 8.09.